The molecule has 5 heteroatoms. The van der Waals surface area contributed by atoms with Gasteiger partial charge in [0.25, 0.3) is 0 Å². The number of anilines is 1. The molecule has 158 valence electrons. The Kier molecular flexibility index (Phi) is 5.20. The summed E-state index contributed by atoms with van der Waals surface area (Å²) in [5, 5.41) is 10.2. The van der Waals surface area contributed by atoms with Gasteiger partial charge in [-0.05, 0) is 47.4 Å². The van der Waals surface area contributed by atoms with Crippen LogP contribution in [0.4, 0.5) is 5.69 Å². The van der Waals surface area contributed by atoms with Crippen LogP contribution in [0.15, 0.2) is 72.9 Å². The molecule has 31 heavy (non-hydrogen) atoms. The molecule has 0 bridgehead atoms. The van der Waals surface area contributed by atoms with Crippen molar-refractivity contribution in [1.29, 1.82) is 0 Å². The maximum atomic E-state index is 13.3. The summed E-state index contributed by atoms with van der Waals surface area (Å²) in [5.41, 5.74) is 5.37. The molecule has 1 N–H and O–H groups in total. The minimum absolute atomic E-state index is 0.00715. The number of rotatable bonds is 4. The van der Waals surface area contributed by atoms with E-state index in [0.29, 0.717) is 13.0 Å². The molecule has 5 nitrogen and oxygen atoms in total. The van der Waals surface area contributed by atoms with Gasteiger partial charge in [-0.15, -0.1) is 0 Å². The van der Waals surface area contributed by atoms with Crippen LogP contribution in [0.1, 0.15) is 23.7 Å². The predicted octanol–water partition coefficient (Wildman–Crippen LogP) is 3.69. The second-order valence-corrected chi connectivity index (χ2v) is 8.48. The van der Waals surface area contributed by atoms with Crippen molar-refractivity contribution in [1.82, 2.24) is 9.88 Å². The molecule has 1 amide bonds. The van der Waals surface area contributed by atoms with Gasteiger partial charge in [0.15, 0.2) is 0 Å². The molecule has 2 aliphatic rings. The number of amides is 1. The number of hydrogen-bond donors (Lipinski definition) is 1. The van der Waals surface area contributed by atoms with Gasteiger partial charge in [0.1, 0.15) is 0 Å². The van der Waals surface area contributed by atoms with Gasteiger partial charge in [0.05, 0.1) is 25.1 Å². The minimum atomic E-state index is -0.0248. The van der Waals surface area contributed by atoms with Gasteiger partial charge in [0, 0.05) is 37.1 Å². The lowest BCUT2D eigenvalue weighted by molar-refractivity contribution is -0.132. The SMILES string of the molecule is CN1c2ccc(-c3ccccc3)cc2[C@@H]2[C@@H](CCN2C(=O)Cc2ccccn2)[C@H]1CO. The van der Waals surface area contributed by atoms with E-state index in [1.54, 1.807) is 6.20 Å². The maximum absolute atomic E-state index is 13.3. The number of aliphatic hydroxyl groups excluding tert-OH is 1. The zero-order valence-corrected chi connectivity index (χ0v) is 17.7. The second-order valence-electron chi connectivity index (χ2n) is 8.48. The molecule has 2 aliphatic heterocycles. The van der Waals surface area contributed by atoms with E-state index in [4.69, 9.17) is 0 Å². The monoisotopic (exact) mass is 413 g/mol. The molecule has 0 radical (unpaired) electrons. The Morgan fingerprint density at radius 1 is 1.06 bits per heavy atom. The van der Waals surface area contributed by atoms with Crippen LogP contribution in [0, 0.1) is 5.92 Å². The van der Waals surface area contributed by atoms with Crippen LogP contribution in [-0.2, 0) is 11.2 Å². The van der Waals surface area contributed by atoms with Crippen molar-refractivity contribution in [2.75, 3.05) is 25.1 Å². The number of carbonyl (C=O) groups excluding carboxylic acids is 1. The van der Waals surface area contributed by atoms with Crippen molar-refractivity contribution < 1.29 is 9.90 Å². The topological polar surface area (TPSA) is 56.7 Å². The van der Waals surface area contributed by atoms with E-state index >= 15 is 0 Å². The highest BCUT2D eigenvalue weighted by Gasteiger charge is 2.47. The van der Waals surface area contributed by atoms with Gasteiger partial charge in [-0.3, -0.25) is 9.78 Å². The maximum Gasteiger partial charge on any atom is 0.229 e. The number of likely N-dealkylation sites (tertiary alicyclic amines) is 1. The van der Waals surface area contributed by atoms with Gasteiger partial charge in [-0.25, -0.2) is 0 Å². The summed E-state index contributed by atoms with van der Waals surface area (Å²) in [6, 6.07) is 22.5. The first-order valence-corrected chi connectivity index (χ1v) is 10.9. The fraction of sp³-hybridized carbons (Fsp3) is 0.308. The molecule has 5 rings (SSSR count). The Morgan fingerprint density at radius 3 is 2.61 bits per heavy atom. The summed E-state index contributed by atoms with van der Waals surface area (Å²) in [7, 11) is 2.05. The molecule has 3 heterocycles. The number of fused-ring (bicyclic) bond motifs is 3. The van der Waals surface area contributed by atoms with Gasteiger partial charge in [0.2, 0.25) is 5.91 Å². The lowest BCUT2D eigenvalue weighted by Gasteiger charge is -2.44. The molecular formula is C26H27N3O2. The molecule has 0 aliphatic carbocycles. The number of hydrogen-bond acceptors (Lipinski definition) is 4. The highest BCUT2D eigenvalue weighted by Crippen LogP contribution is 2.49. The van der Waals surface area contributed by atoms with Crippen LogP contribution in [0.3, 0.4) is 0 Å². The van der Waals surface area contributed by atoms with Crippen LogP contribution in [0.5, 0.6) is 0 Å². The fourth-order valence-electron chi connectivity index (χ4n) is 5.30. The molecule has 1 saturated heterocycles. The van der Waals surface area contributed by atoms with Crippen molar-refractivity contribution in [2.24, 2.45) is 5.92 Å². The van der Waals surface area contributed by atoms with Crippen LogP contribution < -0.4 is 4.90 Å². The molecule has 1 fully saturated rings. The number of carbonyl (C=O) groups is 1. The number of pyridine rings is 1. The fourth-order valence-corrected chi connectivity index (χ4v) is 5.30. The zero-order chi connectivity index (χ0) is 21.4. The van der Waals surface area contributed by atoms with E-state index in [2.05, 4.69) is 47.3 Å². The van der Waals surface area contributed by atoms with E-state index in [1.165, 1.54) is 5.56 Å². The highest BCUT2D eigenvalue weighted by atomic mass is 16.3. The van der Waals surface area contributed by atoms with E-state index in [9.17, 15) is 9.90 Å². The normalized spacial score (nSPS) is 22.2. The van der Waals surface area contributed by atoms with E-state index in [1.807, 2.05) is 41.3 Å². The number of nitrogens with zero attached hydrogens (tertiary/aromatic N) is 3. The molecule has 0 spiro atoms. The molecule has 2 aromatic carbocycles. The number of aliphatic hydroxyl groups is 1. The van der Waals surface area contributed by atoms with Crippen LogP contribution in [0.2, 0.25) is 0 Å². The third-order valence-corrected chi connectivity index (χ3v) is 6.84. The molecule has 3 atom stereocenters. The summed E-state index contributed by atoms with van der Waals surface area (Å²) < 4.78 is 0. The quantitative estimate of drug-likeness (QED) is 0.709. The first-order chi connectivity index (χ1) is 15.2. The largest absolute Gasteiger partial charge is 0.394 e. The zero-order valence-electron chi connectivity index (χ0n) is 17.7. The average molecular weight is 414 g/mol. The highest BCUT2D eigenvalue weighted by molar-refractivity contribution is 5.80. The van der Waals surface area contributed by atoms with Crippen molar-refractivity contribution in [3.8, 4) is 11.1 Å². The predicted molar refractivity (Wildman–Crippen MR) is 122 cm³/mol. The van der Waals surface area contributed by atoms with Gasteiger partial charge in [-0.2, -0.15) is 0 Å². The number of aromatic nitrogens is 1. The summed E-state index contributed by atoms with van der Waals surface area (Å²) >= 11 is 0. The Bertz CT molecular complexity index is 1070. The molecule has 0 saturated carbocycles. The molecular weight excluding hydrogens is 386 g/mol. The Morgan fingerprint density at radius 2 is 1.87 bits per heavy atom. The van der Waals surface area contributed by atoms with Gasteiger partial charge < -0.3 is 14.9 Å². The first kappa shape index (κ1) is 19.8. The third-order valence-electron chi connectivity index (χ3n) is 6.84. The first-order valence-electron chi connectivity index (χ1n) is 10.9. The Labute approximate surface area is 183 Å². The number of likely N-dealkylation sites (N-methyl/N-ethyl adjacent to an activating group) is 1. The summed E-state index contributed by atoms with van der Waals surface area (Å²) in [6.45, 7) is 0.792. The standard InChI is InChI=1S/C26H27N3O2/c1-28-23-11-10-19(18-7-3-2-4-8-18)15-22(23)26-21(24(28)17-30)12-14-29(26)25(31)16-20-9-5-6-13-27-20/h2-11,13,15,21,24,26,30H,12,14,16-17H2,1H3/t21-,24+,26-/m0/s1. The molecule has 1 aromatic heterocycles. The number of benzene rings is 2. The van der Waals surface area contributed by atoms with Gasteiger partial charge >= 0.3 is 0 Å². The van der Waals surface area contributed by atoms with Gasteiger partial charge in [-0.1, -0.05) is 42.5 Å². The van der Waals surface area contributed by atoms with Crippen molar-refractivity contribution in [3.63, 3.8) is 0 Å². The van der Waals surface area contributed by atoms with Crippen LogP contribution in [0.25, 0.3) is 11.1 Å². The van der Waals surface area contributed by atoms with E-state index < -0.39 is 0 Å². The van der Waals surface area contributed by atoms with Crippen molar-refractivity contribution in [3.05, 3.63) is 84.2 Å². The summed E-state index contributed by atoms with van der Waals surface area (Å²) in [6.07, 6.45) is 2.93. The lowest BCUT2D eigenvalue weighted by atomic mass is 9.81. The molecule has 0 unspecified atom stereocenters. The lowest BCUT2D eigenvalue weighted by Crippen LogP contribution is -2.48. The van der Waals surface area contributed by atoms with Crippen molar-refractivity contribution in [2.45, 2.75) is 24.9 Å². The van der Waals surface area contributed by atoms with E-state index in [0.717, 1.165) is 28.9 Å². The summed E-state index contributed by atoms with van der Waals surface area (Å²) in [4.78, 5) is 21.9. The average Bonchev–Trinajstić information content (AvgIpc) is 3.26. The third kappa shape index (κ3) is 3.49. The molecule has 3 aromatic rings. The smallest absolute Gasteiger partial charge is 0.229 e. The minimum Gasteiger partial charge on any atom is -0.394 e. The van der Waals surface area contributed by atoms with E-state index in [-0.39, 0.29) is 30.5 Å². The Balaban J connectivity index is 1.54. The van der Waals surface area contributed by atoms with Crippen LogP contribution in [-0.4, -0.2) is 47.1 Å². The van der Waals surface area contributed by atoms with Crippen LogP contribution >= 0.6 is 0 Å². The Hall–Kier alpha value is -3.18. The second kappa shape index (κ2) is 8.16. The van der Waals surface area contributed by atoms with Crippen molar-refractivity contribution >= 4 is 11.6 Å². The summed E-state index contributed by atoms with van der Waals surface area (Å²) in [5.74, 6) is 0.310.